The summed E-state index contributed by atoms with van der Waals surface area (Å²) in [5.41, 5.74) is 3.80. The maximum Gasteiger partial charge on any atom is 0.252 e. The van der Waals surface area contributed by atoms with Crippen LogP contribution in [0, 0.1) is 6.92 Å². The highest BCUT2D eigenvalue weighted by Crippen LogP contribution is 2.25. The quantitative estimate of drug-likeness (QED) is 0.356. The van der Waals surface area contributed by atoms with Crippen molar-refractivity contribution in [1.29, 1.82) is 0 Å². The summed E-state index contributed by atoms with van der Waals surface area (Å²) >= 11 is 0. The van der Waals surface area contributed by atoms with E-state index in [1.165, 1.54) is 5.56 Å². The first-order chi connectivity index (χ1) is 16.6. The number of aromatic nitrogens is 5. The largest absolute Gasteiger partial charge is 0.396 e. The molecule has 0 fully saturated rings. The SMILES string of the molecule is CC[C@@H](c1nnnn1CCc1ccccc1)N(CCCO)Cc1cc2cc(C)ccc2[nH]c1=O. The molecule has 0 saturated carbocycles. The van der Waals surface area contributed by atoms with E-state index in [2.05, 4.69) is 50.5 Å². The van der Waals surface area contributed by atoms with E-state index < -0.39 is 0 Å². The third kappa shape index (κ3) is 5.58. The Balaban J connectivity index is 1.60. The maximum absolute atomic E-state index is 12.9. The minimum absolute atomic E-state index is 0.0788. The lowest BCUT2D eigenvalue weighted by atomic mass is 10.1. The molecule has 0 spiro atoms. The number of benzene rings is 2. The van der Waals surface area contributed by atoms with Crippen LogP contribution in [-0.4, -0.2) is 48.3 Å². The minimum Gasteiger partial charge on any atom is -0.396 e. The van der Waals surface area contributed by atoms with Crippen molar-refractivity contribution in [2.45, 2.75) is 52.2 Å². The third-order valence-electron chi connectivity index (χ3n) is 6.19. The Hall–Kier alpha value is -3.36. The molecular weight excluding hydrogens is 428 g/mol. The molecular formula is C26H32N6O2. The molecule has 0 radical (unpaired) electrons. The Bertz CT molecular complexity index is 1270. The van der Waals surface area contributed by atoms with Crippen molar-refractivity contribution < 1.29 is 5.11 Å². The molecule has 0 saturated heterocycles. The number of aliphatic hydroxyl groups excluding tert-OH is 1. The molecule has 0 unspecified atom stereocenters. The average molecular weight is 461 g/mol. The normalized spacial score (nSPS) is 12.5. The fourth-order valence-corrected chi connectivity index (χ4v) is 4.42. The summed E-state index contributed by atoms with van der Waals surface area (Å²) < 4.78 is 1.86. The zero-order valence-corrected chi connectivity index (χ0v) is 19.8. The van der Waals surface area contributed by atoms with Crippen LogP contribution in [0.1, 0.15) is 48.3 Å². The third-order valence-corrected chi connectivity index (χ3v) is 6.19. The van der Waals surface area contributed by atoms with Gasteiger partial charge in [0.15, 0.2) is 5.82 Å². The first kappa shape index (κ1) is 23.8. The number of pyridine rings is 1. The number of aliphatic hydroxyl groups is 1. The van der Waals surface area contributed by atoms with Crippen LogP contribution < -0.4 is 5.56 Å². The van der Waals surface area contributed by atoms with Crippen LogP contribution in [0.3, 0.4) is 0 Å². The number of hydrogen-bond donors (Lipinski definition) is 2. The predicted octanol–water partition coefficient (Wildman–Crippen LogP) is 3.40. The van der Waals surface area contributed by atoms with Crippen molar-refractivity contribution in [3.8, 4) is 0 Å². The van der Waals surface area contributed by atoms with E-state index in [0.29, 0.717) is 31.6 Å². The molecule has 178 valence electrons. The standard InChI is InChI=1S/C26H32N6O2/c1-3-24(25-28-29-30-32(25)14-12-20-8-5-4-6-9-20)31(13-7-15-33)18-22-17-21-16-19(2)10-11-23(21)27-26(22)34/h4-6,8-11,16-17,24,33H,3,7,12-15,18H2,1-2H3,(H,27,34)/t24-/m0/s1. The highest BCUT2D eigenvalue weighted by Gasteiger charge is 2.25. The number of aryl methyl sites for hydroxylation is 3. The number of rotatable bonds is 11. The molecule has 4 rings (SSSR count). The van der Waals surface area contributed by atoms with Crippen LogP contribution in [0.5, 0.6) is 0 Å². The van der Waals surface area contributed by atoms with E-state index in [-0.39, 0.29) is 18.2 Å². The van der Waals surface area contributed by atoms with Crippen LogP contribution in [0.15, 0.2) is 59.4 Å². The van der Waals surface area contributed by atoms with Gasteiger partial charge in [-0.25, -0.2) is 4.68 Å². The van der Waals surface area contributed by atoms with E-state index >= 15 is 0 Å². The lowest BCUT2D eigenvalue weighted by Crippen LogP contribution is -2.34. The summed E-state index contributed by atoms with van der Waals surface area (Å²) in [6.45, 7) is 5.97. The summed E-state index contributed by atoms with van der Waals surface area (Å²) in [7, 11) is 0. The van der Waals surface area contributed by atoms with Gasteiger partial charge in [-0.3, -0.25) is 9.69 Å². The molecule has 8 nitrogen and oxygen atoms in total. The van der Waals surface area contributed by atoms with Crippen LogP contribution in [0.25, 0.3) is 10.9 Å². The number of aromatic amines is 1. The second-order valence-corrected chi connectivity index (χ2v) is 8.68. The Morgan fingerprint density at radius 2 is 1.97 bits per heavy atom. The summed E-state index contributed by atoms with van der Waals surface area (Å²) in [4.78, 5) is 18.1. The van der Waals surface area contributed by atoms with Gasteiger partial charge in [-0.15, -0.1) is 5.10 Å². The summed E-state index contributed by atoms with van der Waals surface area (Å²) in [5, 5.41) is 23.1. The van der Waals surface area contributed by atoms with E-state index in [0.717, 1.165) is 35.1 Å². The minimum atomic E-state index is -0.0936. The van der Waals surface area contributed by atoms with E-state index in [9.17, 15) is 9.90 Å². The topological polar surface area (TPSA) is 99.9 Å². The van der Waals surface area contributed by atoms with Gasteiger partial charge in [-0.2, -0.15) is 0 Å². The highest BCUT2D eigenvalue weighted by atomic mass is 16.3. The van der Waals surface area contributed by atoms with Crippen LogP contribution in [-0.2, 0) is 19.5 Å². The van der Waals surface area contributed by atoms with Crippen LogP contribution >= 0.6 is 0 Å². The lowest BCUT2D eigenvalue weighted by molar-refractivity contribution is 0.152. The summed E-state index contributed by atoms with van der Waals surface area (Å²) in [6, 6.07) is 18.2. The van der Waals surface area contributed by atoms with Gasteiger partial charge in [0.25, 0.3) is 5.56 Å². The van der Waals surface area contributed by atoms with Crippen molar-refractivity contribution in [3.63, 3.8) is 0 Å². The Morgan fingerprint density at radius 3 is 2.74 bits per heavy atom. The van der Waals surface area contributed by atoms with Gasteiger partial charge in [0.2, 0.25) is 0 Å². The molecule has 0 aliphatic heterocycles. The molecule has 8 heteroatoms. The lowest BCUT2D eigenvalue weighted by Gasteiger charge is -2.30. The van der Waals surface area contributed by atoms with Gasteiger partial charge in [0.05, 0.1) is 6.04 Å². The number of H-pyrrole nitrogens is 1. The van der Waals surface area contributed by atoms with Gasteiger partial charge in [0.1, 0.15) is 0 Å². The van der Waals surface area contributed by atoms with E-state index in [4.69, 9.17) is 0 Å². The fraction of sp³-hybridized carbons (Fsp3) is 0.385. The fourth-order valence-electron chi connectivity index (χ4n) is 4.42. The molecule has 34 heavy (non-hydrogen) atoms. The van der Waals surface area contributed by atoms with Gasteiger partial charge in [-0.05, 0) is 65.8 Å². The van der Waals surface area contributed by atoms with Crippen molar-refractivity contribution in [1.82, 2.24) is 30.1 Å². The number of nitrogens with zero attached hydrogens (tertiary/aromatic N) is 5. The molecule has 0 bridgehead atoms. The summed E-state index contributed by atoms with van der Waals surface area (Å²) in [6.07, 6.45) is 2.21. The molecule has 1 atom stereocenters. The molecule has 0 aliphatic carbocycles. The molecule has 4 aromatic rings. The number of hydrogen-bond acceptors (Lipinski definition) is 6. The molecule has 2 heterocycles. The number of fused-ring (bicyclic) bond motifs is 1. The first-order valence-electron chi connectivity index (χ1n) is 11.9. The molecule has 0 amide bonds. The molecule has 2 N–H and O–H groups in total. The molecule has 2 aromatic heterocycles. The Labute approximate surface area is 199 Å². The van der Waals surface area contributed by atoms with E-state index in [1.807, 2.05) is 48.0 Å². The van der Waals surface area contributed by atoms with Crippen LogP contribution in [0.2, 0.25) is 0 Å². The van der Waals surface area contributed by atoms with Gasteiger partial charge < -0.3 is 10.1 Å². The second-order valence-electron chi connectivity index (χ2n) is 8.68. The van der Waals surface area contributed by atoms with Crippen molar-refractivity contribution in [3.05, 3.63) is 87.5 Å². The number of tetrazole rings is 1. The zero-order chi connectivity index (χ0) is 23.9. The van der Waals surface area contributed by atoms with Gasteiger partial charge >= 0.3 is 0 Å². The second kappa shape index (κ2) is 11.2. The van der Waals surface area contributed by atoms with Gasteiger partial charge in [-0.1, -0.05) is 48.9 Å². The monoisotopic (exact) mass is 460 g/mol. The number of nitrogens with one attached hydrogen (secondary N) is 1. The Kier molecular flexibility index (Phi) is 7.82. The highest BCUT2D eigenvalue weighted by molar-refractivity contribution is 5.79. The van der Waals surface area contributed by atoms with Crippen molar-refractivity contribution in [2.24, 2.45) is 0 Å². The van der Waals surface area contributed by atoms with E-state index in [1.54, 1.807) is 0 Å². The molecule has 2 aromatic carbocycles. The molecule has 0 aliphatic rings. The zero-order valence-electron chi connectivity index (χ0n) is 19.8. The van der Waals surface area contributed by atoms with Gasteiger partial charge in [0, 0.05) is 37.3 Å². The average Bonchev–Trinajstić information content (AvgIpc) is 3.31. The Morgan fingerprint density at radius 1 is 1.15 bits per heavy atom. The van der Waals surface area contributed by atoms with Crippen LogP contribution in [0.4, 0.5) is 0 Å². The van der Waals surface area contributed by atoms with Crippen molar-refractivity contribution >= 4 is 10.9 Å². The van der Waals surface area contributed by atoms with Crippen molar-refractivity contribution in [2.75, 3.05) is 13.2 Å². The maximum atomic E-state index is 12.9. The summed E-state index contributed by atoms with van der Waals surface area (Å²) in [5.74, 6) is 0.782. The smallest absolute Gasteiger partial charge is 0.252 e. The predicted molar refractivity (Wildman–Crippen MR) is 132 cm³/mol. The first-order valence-corrected chi connectivity index (χ1v) is 11.9.